The van der Waals surface area contributed by atoms with E-state index < -0.39 is 0 Å². The zero-order valence-corrected chi connectivity index (χ0v) is 9.76. The monoisotopic (exact) mass is 231 g/mol. The van der Waals surface area contributed by atoms with Crippen LogP contribution in [0.15, 0.2) is 22.8 Å². The van der Waals surface area contributed by atoms with E-state index >= 15 is 0 Å². The fourth-order valence-corrected chi connectivity index (χ4v) is 1.76. The molecule has 4 heteroatoms. The first-order valence-corrected chi connectivity index (χ1v) is 5.24. The number of furan rings is 1. The van der Waals surface area contributed by atoms with Crippen LogP contribution in [-0.4, -0.2) is 19.2 Å². The summed E-state index contributed by atoms with van der Waals surface area (Å²) in [6.45, 7) is 3.93. The molecule has 86 valence electrons. The predicted molar refractivity (Wildman–Crippen MR) is 61.3 cm³/mol. The van der Waals surface area contributed by atoms with Crippen LogP contribution in [0.3, 0.4) is 0 Å². The molecule has 1 aromatic rings. The Morgan fingerprint density at radius 2 is 2.53 bits per heavy atom. The molecule has 0 bridgehead atoms. The quantitative estimate of drug-likeness (QED) is 0.865. The van der Waals surface area contributed by atoms with Crippen LogP contribution in [0.2, 0.25) is 0 Å². The van der Waals surface area contributed by atoms with E-state index in [4.69, 9.17) is 9.15 Å². The van der Waals surface area contributed by atoms with Gasteiger partial charge in [0.25, 0.3) is 0 Å². The van der Waals surface area contributed by atoms with Gasteiger partial charge < -0.3 is 14.5 Å². The Kier molecular flexibility index (Phi) is 5.15. The van der Waals surface area contributed by atoms with Crippen LogP contribution in [0.25, 0.3) is 0 Å². The van der Waals surface area contributed by atoms with Crippen LogP contribution in [0.5, 0.6) is 0 Å². The fourth-order valence-electron chi connectivity index (χ4n) is 1.76. The van der Waals surface area contributed by atoms with Crippen molar-refractivity contribution in [1.82, 2.24) is 5.32 Å². The zero-order valence-electron chi connectivity index (χ0n) is 8.94. The molecule has 0 saturated carbocycles. The van der Waals surface area contributed by atoms with Gasteiger partial charge in [-0.2, -0.15) is 0 Å². The number of nitrogens with one attached hydrogen (secondary N) is 1. The van der Waals surface area contributed by atoms with Gasteiger partial charge in [0.1, 0.15) is 11.9 Å². The number of rotatable bonds is 4. The third kappa shape index (κ3) is 3.52. The molecule has 0 aromatic carbocycles. The van der Waals surface area contributed by atoms with Crippen molar-refractivity contribution in [3.63, 3.8) is 0 Å². The van der Waals surface area contributed by atoms with Gasteiger partial charge in [0.05, 0.1) is 12.9 Å². The average molecular weight is 232 g/mol. The van der Waals surface area contributed by atoms with Gasteiger partial charge in [0, 0.05) is 6.04 Å². The second-order valence-corrected chi connectivity index (χ2v) is 3.78. The molecule has 3 nitrogen and oxygen atoms in total. The van der Waals surface area contributed by atoms with Crippen molar-refractivity contribution in [2.24, 2.45) is 0 Å². The average Bonchev–Trinajstić information content (AvgIpc) is 2.87. The predicted octanol–water partition coefficient (Wildman–Crippen LogP) is 2.53. The van der Waals surface area contributed by atoms with Crippen molar-refractivity contribution in [1.29, 1.82) is 0 Å². The molecule has 0 amide bonds. The largest absolute Gasteiger partial charge is 0.467 e. The maximum absolute atomic E-state index is 5.71. The molecule has 2 atom stereocenters. The second-order valence-electron chi connectivity index (χ2n) is 3.78. The van der Waals surface area contributed by atoms with Gasteiger partial charge in [0.15, 0.2) is 0 Å². The van der Waals surface area contributed by atoms with Crippen molar-refractivity contribution < 1.29 is 9.15 Å². The van der Waals surface area contributed by atoms with E-state index in [9.17, 15) is 0 Å². The van der Waals surface area contributed by atoms with Crippen molar-refractivity contribution in [2.75, 3.05) is 13.2 Å². The first-order valence-electron chi connectivity index (χ1n) is 5.24. The van der Waals surface area contributed by atoms with Crippen LogP contribution in [0, 0.1) is 0 Å². The lowest BCUT2D eigenvalue weighted by Gasteiger charge is -2.14. The molecule has 1 N–H and O–H groups in total. The van der Waals surface area contributed by atoms with Gasteiger partial charge in [-0.05, 0) is 38.4 Å². The van der Waals surface area contributed by atoms with E-state index in [2.05, 4.69) is 5.32 Å². The van der Waals surface area contributed by atoms with Crippen molar-refractivity contribution in [2.45, 2.75) is 31.9 Å². The second kappa shape index (κ2) is 6.16. The highest BCUT2D eigenvalue weighted by molar-refractivity contribution is 5.85. The summed E-state index contributed by atoms with van der Waals surface area (Å²) in [5.74, 6) is 0.906. The summed E-state index contributed by atoms with van der Waals surface area (Å²) in [6, 6.07) is 4.38. The van der Waals surface area contributed by atoms with Crippen molar-refractivity contribution in [3.05, 3.63) is 24.2 Å². The highest BCUT2D eigenvalue weighted by atomic mass is 35.5. The molecule has 2 rings (SSSR count). The lowest BCUT2D eigenvalue weighted by atomic mass is 10.2. The van der Waals surface area contributed by atoms with Gasteiger partial charge in [-0.25, -0.2) is 0 Å². The van der Waals surface area contributed by atoms with Gasteiger partial charge >= 0.3 is 0 Å². The van der Waals surface area contributed by atoms with Gasteiger partial charge in [-0.1, -0.05) is 0 Å². The van der Waals surface area contributed by atoms with E-state index in [1.165, 1.54) is 12.8 Å². The minimum absolute atomic E-state index is 0. The Morgan fingerprint density at radius 1 is 1.67 bits per heavy atom. The normalized spacial score (nSPS) is 22.3. The smallest absolute Gasteiger partial charge is 0.132 e. The van der Waals surface area contributed by atoms with Gasteiger partial charge in [0.2, 0.25) is 0 Å². The van der Waals surface area contributed by atoms with Crippen LogP contribution in [0.1, 0.15) is 31.6 Å². The minimum atomic E-state index is 0. The van der Waals surface area contributed by atoms with E-state index in [-0.39, 0.29) is 18.5 Å². The maximum Gasteiger partial charge on any atom is 0.132 e. The Labute approximate surface area is 96.6 Å². The molecular formula is C11H18ClNO2. The highest BCUT2D eigenvalue weighted by Crippen LogP contribution is 2.18. The molecular weight excluding hydrogens is 214 g/mol. The number of halogens is 1. The number of hydrogen-bond donors (Lipinski definition) is 1. The molecule has 1 aromatic heterocycles. The molecule has 0 radical (unpaired) electrons. The summed E-state index contributed by atoms with van der Waals surface area (Å²) in [5, 5.41) is 3.40. The van der Waals surface area contributed by atoms with Crippen molar-refractivity contribution >= 4 is 12.4 Å². The van der Waals surface area contributed by atoms with Crippen LogP contribution in [0.4, 0.5) is 0 Å². The Balaban J connectivity index is 0.00000112. The standard InChI is InChI=1S/C11H17NO2.ClH/c1-9(11-5-3-7-13-11)14-8-10-4-2-6-12-10;/h3,5,7,9-10,12H,2,4,6,8H2,1H3;1H. The third-order valence-corrected chi connectivity index (χ3v) is 2.65. The third-order valence-electron chi connectivity index (χ3n) is 2.65. The molecule has 15 heavy (non-hydrogen) atoms. The van der Waals surface area contributed by atoms with Gasteiger partial charge in [-0.3, -0.25) is 0 Å². The minimum Gasteiger partial charge on any atom is -0.467 e. The molecule has 1 saturated heterocycles. The molecule has 2 heterocycles. The zero-order chi connectivity index (χ0) is 9.80. The number of hydrogen-bond acceptors (Lipinski definition) is 3. The summed E-state index contributed by atoms with van der Waals surface area (Å²) in [4.78, 5) is 0. The Morgan fingerprint density at radius 3 is 3.13 bits per heavy atom. The van der Waals surface area contributed by atoms with Crippen LogP contribution >= 0.6 is 12.4 Å². The first-order chi connectivity index (χ1) is 6.86. The van der Waals surface area contributed by atoms with E-state index in [0.29, 0.717) is 6.04 Å². The number of ether oxygens (including phenoxy) is 1. The molecule has 2 unspecified atom stereocenters. The summed E-state index contributed by atoms with van der Waals surface area (Å²) in [6.07, 6.45) is 4.24. The van der Waals surface area contributed by atoms with Crippen LogP contribution < -0.4 is 5.32 Å². The Bertz CT molecular complexity index is 258. The molecule has 1 aliphatic rings. The molecule has 0 spiro atoms. The molecule has 1 aliphatic heterocycles. The van der Waals surface area contributed by atoms with E-state index in [1.54, 1.807) is 6.26 Å². The van der Waals surface area contributed by atoms with Crippen LogP contribution in [-0.2, 0) is 4.74 Å². The summed E-state index contributed by atoms with van der Waals surface area (Å²) >= 11 is 0. The van der Waals surface area contributed by atoms with E-state index in [0.717, 1.165) is 18.9 Å². The topological polar surface area (TPSA) is 34.4 Å². The lowest BCUT2D eigenvalue weighted by Crippen LogP contribution is -2.27. The first kappa shape index (κ1) is 12.6. The Hall–Kier alpha value is -0.510. The van der Waals surface area contributed by atoms with E-state index in [1.807, 2.05) is 19.1 Å². The lowest BCUT2D eigenvalue weighted by molar-refractivity contribution is 0.0388. The fraction of sp³-hybridized carbons (Fsp3) is 0.636. The summed E-state index contributed by atoms with van der Waals surface area (Å²) < 4.78 is 11.0. The van der Waals surface area contributed by atoms with Crippen molar-refractivity contribution in [3.8, 4) is 0 Å². The molecule has 0 aliphatic carbocycles. The molecule has 1 fully saturated rings. The maximum atomic E-state index is 5.71. The highest BCUT2D eigenvalue weighted by Gasteiger charge is 2.16. The van der Waals surface area contributed by atoms with Gasteiger partial charge in [-0.15, -0.1) is 12.4 Å². The SMILES string of the molecule is CC(OCC1CCCN1)c1ccco1.Cl. The summed E-state index contributed by atoms with van der Waals surface area (Å²) in [5.41, 5.74) is 0. The summed E-state index contributed by atoms with van der Waals surface area (Å²) in [7, 11) is 0.